The predicted octanol–water partition coefficient (Wildman–Crippen LogP) is -4.52. The van der Waals surface area contributed by atoms with E-state index in [1.807, 2.05) is 0 Å². The van der Waals surface area contributed by atoms with Crippen LogP contribution in [-0.2, 0) is 0 Å². The van der Waals surface area contributed by atoms with Crippen LogP contribution in [0.1, 0.15) is 0 Å². The summed E-state index contributed by atoms with van der Waals surface area (Å²) in [5.41, 5.74) is 0. The topological polar surface area (TPSA) is 163 Å². The van der Waals surface area contributed by atoms with Gasteiger partial charge in [0.1, 0.15) is 0 Å². The molecule has 0 unspecified atom stereocenters. The summed E-state index contributed by atoms with van der Waals surface area (Å²) in [7, 11) is 0. The van der Waals surface area contributed by atoms with Crippen molar-refractivity contribution >= 4 is 12.3 Å². The van der Waals surface area contributed by atoms with Gasteiger partial charge in [0, 0.05) is 0 Å². The number of carboxylic acid groups (broad SMARTS) is 4. The van der Waals surface area contributed by atoms with Gasteiger partial charge in [-0.05, 0) is 12.3 Å². The molecular weight excluding hydrogens is 273 g/mol. The SMILES string of the molecule is O=C([O-])[O-].O=C([O-])[O-].[La+3].[NH4+]. The van der Waals surface area contributed by atoms with Gasteiger partial charge in [-0.1, -0.05) is 0 Å². The molecule has 0 aliphatic rings. The minimum Gasteiger partial charge on any atom is -0.652 e. The number of quaternary nitrogens is 1. The van der Waals surface area contributed by atoms with Crippen molar-refractivity contribution in [3.63, 3.8) is 0 Å². The average Bonchev–Trinajstić information content (AvgIpc) is 1.25. The maximum Gasteiger partial charge on any atom is 3.00 e. The molecule has 4 N–H and O–H groups in total. The molecule has 0 aliphatic heterocycles. The first-order valence-corrected chi connectivity index (χ1v) is 1.22. The summed E-state index contributed by atoms with van der Waals surface area (Å²) in [5, 5.41) is 33.3. The molecule has 0 aromatic carbocycles. The van der Waals surface area contributed by atoms with Crippen LogP contribution < -0.4 is 26.6 Å². The number of rotatable bonds is 0. The minimum absolute atomic E-state index is 0. The van der Waals surface area contributed by atoms with E-state index in [0.29, 0.717) is 0 Å². The van der Waals surface area contributed by atoms with Crippen molar-refractivity contribution in [2.45, 2.75) is 0 Å². The van der Waals surface area contributed by atoms with Crippen LogP contribution in [0.3, 0.4) is 0 Å². The summed E-state index contributed by atoms with van der Waals surface area (Å²) in [6, 6.07) is 0. The molecule has 0 heterocycles. The van der Waals surface area contributed by atoms with Crippen molar-refractivity contribution in [1.82, 2.24) is 6.15 Å². The average molecular weight is 277 g/mol. The van der Waals surface area contributed by atoms with Gasteiger partial charge in [0.05, 0.1) is 0 Å². The van der Waals surface area contributed by atoms with Gasteiger partial charge in [0.2, 0.25) is 0 Å². The molecule has 56 valence electrons. The van der Waals surface area contributed by atoms with Crippen molar-refractivity contribution in [2.75, 3.05) is 0 Å². The summed E-state index contributed by atoms with van der Waals surface area (Å²) in [4.78, 5) is 16.7. The largest absolute Gasteiger partial charge is 3.00 e. The quantitative estimate of drug-likeness (QED) is 0.468. The third-order valence-electron chi connectivity index (χ3n) is 0. The first-order valence-electron chi connectivity index (χ1n) is 1.22. The predicted molar refractivity (Wildman–Crippen MR) is 16.8 cm³/mol. The second-order valence-electron chi connectivity index (χ2n) is 0.500. The molecule has 0 fully saturated rings. The van der Waals surface area contributed by atoms with Gasteiger partial charge in [0.25, 0.3) is 0 Å². The normalized spacial score (nSPS) is 4.80. The Morgan fingerprint density at radius 1 is 0.800 bits per heavy atom. The van der Waals surface area contributed by atoms with Gasteiger partial charge in [-0.15, -0.1) is 0 Å². The fraction of sp³-hybridized carbons (Fsp3) is 0. The van der Waals surface area contributed by atoms with Crippen LogP contribution in [0.15, 0.2) is 0 Å². The molecule has 0 aromatic heterocycles. The third kappa shape index (κ3) is 3700. The number of hydrogen-bond donors (Lipinski definition) is 1. The Morgan fingerprint density at radius 2 is 0.800 bits per heavy atom. The molecule has 8 heteroatoms. The van der Waals surface area contributed by atoms with Crippen molar-refractivity contribution in [2.24, 2.45) is 0 Å². The molecule has 0 saturated heterocycles. The van der Waals surface area contributed by atoms with Crippen LogP contribution in [0.2, 0.25) is 0 Å². The number of carbonyl (C=O) groups excluding carboxylic acids is 2. The summed E-state index contributed by atoms with van der Waals surface area (Å²) >= 11 is 0. The van der Waals surface area contributed by atoms with Crippen molar-refractivity contribution < 1.29 is 65.6 Å². The van der Waals surface area contributed by atoms with E-state index >= 15 is 0 Å². The Bertz CT molecular complexity index is 73.7. The zero-order valence-corrected chi connectivity index (χ0v) is 8.65. The fourth-order valence-electron chi connectivity index (χ4n) is 0. The minimum atomic E-state index is -2.33. The van der Waals surface area contributed by atoms with E-state index in [1.165, 1.54) is 0 Å². The maximum absolute atomic E-state index is 8.33. The van der Waals surface area contributed by atoms with Gasteiger partial charge >= 0.3 is 35.6 Å². The molecular formula is C2H4LaNO6. The van der Waals surface area contributed by atoms with Crippen LogP contribution in [0.4, 0.5) is 9.59 Å². The molecule has 0 atom stereocenters. The second-order valence-corrected chi connectivity index (χ2v) is 0.500. The van der Waals surface area contributed by atoms with E-state index in [1.54, 1.807) is 0 Å². The van der Waals surface area contributed by atoms with Gasteiger partial charge < -0.3 is 36.2 Å². The Kier molecular flexibility index (Phi) is 35.9. The molecule has 0 saturated carbocycles. The van der Waals surface area contributed by atoms with Crippen LogP contribution in [0, 0.1) is 35.6 Å². The first-order chi connectivity index (χ1) is 3.46. The summed E-state index contributed by atoms with van der Waals surface area (Å²) in [6.07, 6.45) is -4.67. The van der Waals surface area contributed by atoms with E-state index in [9.17, 15) is 0 Å². The van der Waals surface area contributed by atoms with Gasteiger partial charge in [-0.3, -0.25) is 0 Å². The van der Waals surface area contributed by atoms with Crippen molar-refractivity contribution in [3.8, 4) is 0 Å². The van der Waals surface area contributed by atoms with Gasteiger partial charge in [-0.25, -0.2) is 0 Å². The summed E-state index contributed by atoms with van der Waals surface area (Å²) < 4.78 is 0. The smallest absolute Gasteiger partial charge is 0.652 e. The van der Waals surface area contributed by atoms with E-state index in [-0.39, 0.29) is 41.7 Å². The molecule has 0 amide bonds. The van der Waals surface area contributed by atoms with Gasteiger partial charge in [0.15, 0.2) is 0 Å². The molecule has 0 aliphatic carbocycles. The van der Waals surface area contributed by atoms with Crippen LogP contribution in [0.5, 0.6) is 0 Å². The first kappa shape index (κ1) is 22.6. The Labute approximate surface area is 83.8 Å². The molecule has 0 aromatic rings. The Morgan fingerprint density at radius 3 is 0.800 bits per heavy atom. The monoisotopic (exact) mass is 277 g/mol. The second kappa shape index (κ2) is 15.9. The van der Waals surface area contributed by atoms with E-state index in [2.05, 4.69) is 0 Å². The Hall–Kier alpha value is -0.305. The number of hydrogen-bond acceptors (Lipinski definition) is 6. The van der Waals surface area contributed by atoms with Crippen molar-refractivity contribution in [1.29, 1.82) is 0 Å². The van der Waals surface area contributed by atoms with Crippen LogP contribution in [-0.4, -0.2) is 12.3 Å². The maximum atomic E-state index is 8.33. The number of carbonyl (C=O) groups is 2. The zero-order valence-electron chi connectivity index (χ0n) is 5.03. The Balaban J connectivity index is -0.0000000300. The van der Waals surface area contributed by atoms with Gasteiger partial charge in [-0.2, -0.15) is 0 Å². The van der Waals surface area contributed by atoms with E-state index < -0.39 is 12.3 Å². The zero-order chi connectivity index (χ0) is 7.15. The molecule has 10 heavy (non-hydrogen) atoms. The molecule has 0 bridgehead atoms. The third-order valence-corrected chi connectivity index (χ3v) is 0. The fourth-order valence-corrected chi connectivity index (χ4v) is 0. The molecule has 0 radical (unpaired) electrons. The van der Waals surface area contributed by atoms with E-state index in [0.717, 1.165) is 0 Å². The summed E-state index contributed by atoms with van der Waals surface area (Å²) in [5.74, 6) is 0. The van der Waals surface area contributed by atoms with Crippen molar-refractivity contribution in [3.05, 3.63) is 0 Å². The van der Waals surface area contributed by atoms with Crippen LogP contribution >= 0.6 is 0 Å². The molecule has 7 nitrogen and oxygen atoms in total. The standard InChI is InChI=1S/2CH2O3.La.H3N/c2*2-1(3)4;;/h2*(H2,2,3,4);;1H3/q;;+3;/p-3. The molecule has 0 rings (SSSR count). The van der Waals surface area contributed by atoms with E-state index in [4.69, 9.17) is 30.0 Å². The molecule has 0 spiro atoms. The summed E-state index contributed by atoms with van der Waals surface area (Å²) in [6.45, 7) is 0. The van der Waals surface area contributed by atoms with Crippen LogP contribution in [0.25, 0.3) is 0 Å².